The molecule has 0 aliphatic rings. The van der Waals surface area contributed by atoms with Crippen molar-refractivity contribution in [2.45, 2.75) is 25.6 Å². The van der Waals surface area contributed by atoms with Crippen LogP contribution in [-0.2, 0) is 9.53 Å². The molecule has 0 N–H and O–H groups in total. The van der Waals surface area contributed by atoms with Gasteiger partial charge in [0.15, 0.2) is 5.78 Å². The molecule has 182 valence electrons. The molecule has 34 heavy (non-hydrogen) atoms. The van der Waals surface area contributed by atoms with Gasteiger partial charge in [-0.3, -0.25) is 9.59 Å². The molecule has 0 saturated carbocycles. The van der Waals surface area contributed by atoms with Crippen LogP contribution in [-0.4, -0.2) is 38.4 Å². The van der Waals surface area contributed by atoms with Crippen molar-refractivity contribution in [1.29, 1.82) is 0 Å². The third kappa shape index (κ3) is 6.87. The Morgan fingerprint density at radius 1 is 1.00 bits per heavy atom. The number of esters is 1. The average Bonchev–Trinajstić information content (AvgIpc) is 2.80. The summed E-state index contributed by atoms with van der Waals surface area (Å²) in [5, 5.41) is 0. The van der Waals surface area contributed by atoms with E-state index in [2.05, 4.69) is 17.9 Å². The molecule has 0 aliphatic heterocycles. The van der Waals surface area contributed by atoms with Crippen LogP contribution >= 0.6 is 0 Å². The monoisotopic (exact) mass is 478 g/mol. The third-order valence-electron chi connectivity index (χ3n) is 4.68. The second-order valence-corrected chi connectivity index (χ2v) is 6.97. The largest absolute Gasteiger partial charge is 0.573 e. The van der Waals surface area contributed by atoms with Gasteiger partial charge in [-0.2, -0.15) is 0 Å². The van der Waals surface area contributed by atoms with Gasteiger partial charge in [0, 0.05) is 11.6 Å². The summed E-state index contributed by atoms with van der Waals surface area (Å²) in [7, 11) is 1.24. The molecule has 2 aromatic carbocycles. The van der Waals surface area contributed by atoms with Gasteiger partial charge in [-0.1, -0.05) is 32.2 Å². The normalized spacial score (nSPS) is 11.8. The molecule has 0 spiro atoms. The van der Waals surface area contributed by atoms with E-state index in [1.807, 2.05) is 0 Å². The molecule has 0 saturated heterocycles. The zero-order valence-electron chi connectivity index (χ0n) is 18.8. The van der Waals surface area contributed by atoms with E-state index >= 15 is 0 Å². The van der Waals surface area contributed by atoms with Crippen molar-refractivity contribution in [3.05, 3.63) is 78.4 Å². The fraction of sp³-hybridized carbons (Fsp3) is 0.280. The number of halogens is 3. The van der Waals surface area contributed by atoms with Crippen molar-refractivity contribution >= 4 is 11.8 Å². The lowest BCUT2D eigenvalue weighted by Crippen LogP contribution is -2.19. The van der Waals surface area contributed by atoms with Crippen molar-refractivity contribution in [2.75, 3.05) is 20.3 Å². The third-order valence-corrected chi connectivity index (χ3v) is 4.68. The van der Waals surface area contributed by atoms with Gasteiger partial charge in [-0.05, 0) is 42.3 Å². The minimum Gasteiger partial charge on any atom is -0.489 e. The number of ether oxygens (including phenoxy) is 4. The number of benzene rings is 2. The van der Waals surface area contributed by atoms with Crippen LogP contribution in [0.1, 0.15) is 40.7 Å². The van der Waals surface area contributed by atoms with Crippen LogP contribution in [0.5, 0.6) is 17.2 Å². The highest BCUT2D eigenvalue weighted by molar-refractivity contribution is 6.12. The van der Waals surface area contributed by atoms with E-state index in [1.54, 1.807) is 13.0 Å². The zero-order chi connectivity index (χ0) is 25.3. The van der Waals surface area contributed by atoms with Crippen molar-refractivity contribution in [2.24, 2.45) is 0 Å². The first-order valence-corrected chi connectivity index (χ1v) is 10.3. The van der Waals surface area contributed by atoms with Crippen molar-refractivity contribution in [3.8, 4) is 17.2 Å². The number of methoxy groups -OCH3 is 1. The van der Waals surface area contributed by atoms with Crippen LogP contribution in [0.15, 0.2) is 61.7 Å². The molecular weight excluding hydrogens is 453 g/mol. The Balaban J connectivity index is 2.65. The van der Waals surface area contributed by atoms with Gasteiger partial charge in [-0.15, -0.1) is 13.2 Å². The molecular formula is C25H25F3O6. The summed E-state index contributed by atoms with van der Waals surface area (Å²) >= 11 is 0. The quantitative estimate of drug-likeness (QED) is 0.224. The van der Waals surface area contributed by atoms with E-state index in [9.17, 15) is 22.8 Å². The van der Waals surface area contributed by atoms with Gasteiger partial charge in [0.25, 0.3) is 0 Å². The first-order valence-electron chi connectivity index (χ1n) is 10.3. The number of alkyl halides is 3. The number of rotatable bonds is 12. The van der Waals surface area contributed by atoms with E-state index in [1.165, 1.54) is 37.5 Å². The first-order chi connectivity index (χ1) is 16.1. The summed E-state index contributed by atoms with van der Waals surface area (Å²) in [5.41, 5.74) is 0.434. The average molecular weight is 478 g/mol. The first kappa shape index (κ1) is 26.5. The van der Waals surface area contributed by atoms with Crippen LogP contribution < -0.4 is 14.2 Å². The maximum Gasteiger partial charge on any atom is 0.573 e. The van der Waals surface area contributed by atoms with Gasteiger partial charge in [0.1, 0.15) is 30.5 Å². The predicted octanol–water partition coefficient (Wildman–Crippen LogP) is 5.61. The number of ketones is 1. The van der Waals surface area contributed by atoms with Gasteiger partial charge >= 0.3 is 12.3 Å². The van der Waals surface area contributed by atoms with E-state index in [4.69, 9.17) is 14.2 Å². The van der Waals surface area contributed by atoms with Gasteiger partial charge < -0.3 is 18.9 Å². The maximum atomic E-state index is 13.5. The Bertz CT molecular complexity index is 1030. The molecule has 1 atom stereocenters. The Morgan fingerprint density at radius 2 is 1.62 bits per heavy atom. The predicted molar refractivity (Wildman–Crippen MR) is 119 cm³/mol. The van der Waals surface area contributed by atoms with Gasteiger partial charge in [0.2, 0.25) is 0 Å². The number of hydrogen-bond acceptors (Lipinski definition) is 6. The lowest BCUT2D eigenvalue weighted by atomic mass is 9.87. The Morgan fingerprint density at radius 3 is 2.15 bits per heavy atom. The Labute approximate surface area is 195 Å². The second kappa shape index (κ2) is 11.9. The Hall–Kier alpha value is -3.75. The Kier molecular flexibility index (Phi) is 9.29. The lowest BCUT2D eigenvalue weighted by Gasteiger charge is -2.21. The molecule has 0 bridgehead atoms. The van der Waals surface area contributed by atoms with Crippen LogP contribution in [0.3, 0.4) is 0 Å². The summed E-state index contributed by atoms with van der Waals surface area (Å²) in [6, 6.07) is 7.50. The number of hydrogen-bond donors (Lipinski definition) is 0. The molecule has 0 aliphatic carbocycles. The standard InChI is InChI=1S/C25H25F3O6/c1-5-12-32-18-14-20(19(7-3)24(30)31-4)22(21(15-18)33-13-6-2)23(29)16-8-10-17(11-9-16)34-25(26,27)28/h5-6,8-11,14-15,19H,1-2,7,12-13H2,3-4H3. The van der Waals surface area contributed by atoms with Gasteiger partial charge in [-0.25, -0.2) is 0 Å². The molecule has 2 aromatic rings. The minimum atomic E-state index is -4.86. The number of carbonyl (C=O) groups excluding carboxylic acids is 2. The second-order valence-electron chi connectivity index (χ2n) is 6.97. The smallest absolute Gasteiger partial charge is 0.489 e. The summed E-state index contributed by atoms with van der Waals surface area (Å²) in [6.07, 6.45) is -1.55. The topological polar surface area (TPSA) is 71.1 Å². The van der Waals surface area contributed by atoms with Gasteiger partial charge in [0.05, 0.1) is 18.6 Å². The van der Waals surface area contributed by atoms with Crippen LogP contribution in [0, 0.1) is 0 Å². The summed E-state index contributed by atoms with van der Waals surface area (Å²) < 4.78 is 57.5. The van der Waals surface area contributed by atoms with E-state index < -0.39 is 29.8 Å². The molecule has 6 nitrogen and oxygen atoms in total. The van der Waals surface area contributed by atoms with Crippen LogP contribution in [0.4, 0.5) is 13.2 Å². The lowest BCUT2D eigenvalue weighted by molar-refractivity contribution is -0.274. The highest BCUT2D eigenvalue weighted by Gasteiger charge is 2.32. The molecule has 9 heteroatoms. The minimum absolute atomic E-state index is 0.0536. The maximum absolute atomic E-state index is 13.5. The summed E-state index contributed by atoms with van der Waals surface area (Å²) in [5.74, 6) is -1.97. The van der Waals surface area contributed by atoms with Crippen molar-refractivity contribution in [1.82, 2.24) is 0 Å². The summed E-state index contributed by atoms with van der Waals surface area (Å²) in [4.78, 5) is 26.0. The fourth-order valence-electron chi connectivity index (χ4n) is 3.24. The zero-order valence-corrected chi connectivity index (χ0v) is 18.8. The number of carbonyl (C=O) groups is 2. The van der Waals surface area contributed by atoms with Crippen molar-refractivity contribution < 1.29 is 41.7 Å². The highest BCUT2D eigenvalue weighted by Crippen LogP contribution is 2.37. The molecule has 0 amide bonds. The van der Waals surface area contributed by atoms with E-state index in [0.29, 0.717) is 17.7 Å². The molecule has 0 aromatic heterocycles. The summed E-state index contributed by atoms with van der Waals surface area (Å²) in [6.45, 7) is 9.17. The molecule has 0 heterocycles. The van der Waals surface area contributed by atoms with E-state index in [-0.39, 0.29) is 30.1 Å². The molecule has 2 rings (SSSR count). The SMILES string of the molecule is C=CCOc1cc(OCC=C)c(C(=O)c2ccc(OC(F)(F)F)cc2)c(C(CC)C(=O)OC)c1. The van der Waals surface area contributed by atoms with Crippen LogP contribution in [0.25, 0.3) is 0 Å². The van der Waals surface area contributed by atoms with Crippen LogP contribution in [0.2, 0.25) is 0 Å². The highest BCUT2D eigenvalue weighted by atomic mass is 19.4. The van der Waals surface area contributed by atoms with Crippen molar-refractivity contribution in [3.63, 3.8) is 0 Å². The molecule has 0 fully saturated rings. The van der Waals surface area contributed by atoms with E-state index in [0.717, 1.165) is 12.1 Å². The fourth-order valence-corrected chi connectivity index (χ4v) is 3.24. The molecule has 0 radical (unpaired) electrons. The molecule has 1 unspecified atom stereocenters.